The lowest BCUT2D eigenvalue weighted by atomic mass is 9.97. The Balaban J connectivity index is 1.84. The van der Waals surface area contributed by atoms with Gasteiger partial charge in [0, 0.05) is 19.2 Å². The summed E-state index contributed by atoms with van der Waals surface area (Å²) in [7, 11) is 0. The van der Waals surface area contributed by atoms with Crippen molar-refractivity contribution >= 4 is 11.9 Å². The Bertz CT molecular complexity index is 542. The number of piperidine rings is 1. The van der Waals surface area contributed by atoms with Crippen LogP contribution in [0.4, 0.5) is 8.78 Å². The first-order valence-corrected chi connectivity index (χ1v) is 6.56. The van der Waals surface area contributed by atoms with Gasteiger partial charge in [-0.05, 0) is 25.0 Å². The van der Waals surface area contributed by atoms with Gasteiger partial charge in [-0.3, -0.25) is 9.59 Å². The summed E-state index contributed by atoms with van der Waals surface area (Å²) < 4.78 is 31.1. The summed E-state index contributed by atoms with van der Waals surface area (Å²) in [5, 5.41) is 8.87. The molecule has 0 bridgehead atoms. The number of carboxylic acids is 1. The molecule has 7 heteroatoms. The molecule has 1 fully saturated rings. The first kappa shape index (κ1) is 15.2. The number of carboxylic acid groups (broad SMARTS) is 1. The fourth-order valence-corrected chi connectivity index (χ4v) is 2.20. The van der Waals surface area contributed by atoms with E-state index in [-0.39, 0.29) is 18.3 Å². The van der Waals surface area contributed by atoms with Crippen LogP contribution in [0.2, 0.25) is 0 Å². The maximum atomic E-state index is 13.3. The topological polar surface area (TPSA) is 66.8 Å². The Kier molecular flexibility index (Phi) is 4.72. The molecule has 1 aromatic rings. The van der Waals surface area contributed by atoms with Crippen molar-refractivity contribution < 1.29 is 28.2 Å². The molecule has 1 N–H and O–H groups in total. The molecule has 1 aliphatic rings. The van der Waals surface area contributed by atoms with Gasteiger partial charge in [-0.1, -0.05) is 0 Å². The second kappa shape index (κ2) is 6.51. The highest BCUT2D eigenvalue weighted by Crippen LogP contribution is 2.19. The largest absolute Gasteiger partial charge is 0.481 e. The van der Waals surface area contributed by atoms with Crippen LogP contribution in [-0.4, -0.2) is 41.6 Å². The van der Waals surface area contributed by atoms with E-state index < -0.39 is 23.5 Å². The average Bonchev–Trinajstić information content (AvgIpc) is 2.46. The van der Waals surface area contributed by atoms with Crippen LogP contribution in [0.15, 0.2) is 18.2 Å². The van der Waals surface area contributed by atoms with E-state index in [9.17, 15) is 18.4 Å². The van der Waals surface area contributed by atoms with Gasteiger partial charge < -0.3 is 14.7 Å². The lowest BCUT2D eigenvalue weighted by molar-refractivity contribution is -0.146. The van der Waals surface area contributed by atoms with E-state index in [1.165, 1.54) is 4.90 Å². The van der Waals surface area contributed by atoms with Crippen molar-refractivity contribution in [3.05, 3.63) is 29.8 Å². The van der Waals surface area contributed by atoms with Crippen molar-refractivity contribution in [2.45, 2.75) is 12.8 Å². The summed E-state index contributed by atoms with van der Waals surface area (Å²) in [5.41, 5.74) is 0. The molecule has 0 atom stereocenters. The summed E-state index contributed by atoms with van der Waals surface area (Å²) >= 11 is 0. The molecular formula is C14H15F2NO4. The van der Waals surface area contributed by atoms with Crippen LogP contribution in [0.25, 0.3) is 0 Å². The van der Waals surface area contributed by atoms with E-state index in [1.54, 1.807) is 0 Å². The highest BCUT2D eigenvalue weighted by Gasteiger charge is 2.27. The molecule has 1 saturated heterocycles. The number of amides is 1. The number of carbonyl (C=O) groups is 2. The number of benzene rings is 1. The Morgan fingerprint density at radius 3 is 2.52 bits per heavy atom. The predicted octanol–water partition coefficient (Wildman–Crippen LogP) is 1.67. The molecule has 0 aliphatic carbocycles. The van der Waals surface area contributed by atoms with Gasteiger partial charge in [0.1, 0.15) is 5.82 Å². The van der Waals surface area contributed by atoms with Gasteiger partial charge in [0.15, 0.2) is 18.2 Å². The number of aliphatic carboxylic acids is 1. The third kappa shape index (κ3) is 3.90. The summed E-state index contributed by atoms with van der Waals surface area (Å²) in [6, 6.07) is 2.84. The summed E-state index contributed by atoms with van der Waals surface area (Å²) in [5.74, 6) is -3.40. The van der Waals surface area contributed by atoms with Gasteiger partial charge in [-0.2, -0.15) is 0 Å². The van der Waals surface area contributed by atoms with Crippen molar-refractivity contribution in [3.63, 3.8) is 0 Å². The number of carbonyl (C=O) groups excluding carboxylic acids is 1. The van der Waals surface area contributed by atoms with Crippen molar-refractivity contribution in [1.82, 2.24) is 4.90 Å². The van der Waals surface area contributed by atoms with Crippen molar-refractivity contribution in [2.24, 2.45) is 5.92 Å². The van der Waals surface area contributed by atoms with Gasteiger partial charge in [0.25, 0.3) is 5.91 Å². The normalized spacial score (nSPS) is 15.8. The second-order valence-electron chi connectivity index (χ2n) is 4.86. The Hall–Kier alpha value is -2.18. The summed E-state index contributed by atoms with van der Waals surface area (Å²) in [6.07, 6.45) is 0.790. The van der Waals surface area contributed by atoms with E-state index in [4.69, 9.17) is 9.84 Å². The minimum Gasteiger partial charge on any atom is -0.481 e. The molecule has 2 rings (SSSR count). The maximum Gasteiger partial charge on any atom is 0.306 e. The van der Waals surface area contributed by atoms with E-state index >= 15 is 0 Å². The van der Waals surface area contributed by atoms with E-state index in [0.29, 0.717) is 32.0 Å². The number of hydrogen-bond donors (Lipinski definition) is 1. The van der Waals surface area contributed by atoms with Gasteiger partial charge in [-0.15, -0.1) is 0 Å². The van der Waals surface area contributed by atoms with Crippen LogP contribution < -0.4 is 4.74 Å². The Morgan fingerprint density at radius 1 is 1.29 bits per heavy atom. The molecule has 0 aromatic heterocycles. The molecular weight excluding hydrogens is 284 g/mol. The quantitative estimate of drug-likeness (QED) is 0.918. The third-order valence-corrected chi connectivity index (χ3v) is 3.44. The smallest absolute Gasteiger partial charge is 0.306 e. The second-order valence-corrected chi connectivity index (χ2v) is 4.86. The van der Waals surface area contributed by atoms with Crippen LogP contribution in [0, 0.1) is 17.6 Å². The number of likely N-dealkylation sites (tertiary alicyclic amines) is 1. The zero-order chi connectivity index (χ0) is 15.4. The van der Waals surface area contributed by atoms with Crippen LogP contribution in [0.1, 0.15) is 12.8 Å². The van der Waals surface area contributed by atoms with Crippen LogP contribution in [0.5, 0.6) is 5.75 Å². The average molecular weight is 299 g/mol. The van der Waals surface area contributed by atoms with E-state index in [2.05, 4.69) is 0 Å². The van der Waals surface area contributed by atoms with Crippen LogP contribution in [-0.2, 0) is 9.59 Å². The first-order valence-electron chi connectivity index (χ1n) is 6.56. The molecule has 0 unspecified atom stereocenters. The molecule has 0 spiro atoms. The van der Waals surface area contributed by atoms with Crippen molar-refractivity contribution in [1.29, 1.82) is 0 Å². The minimum absolute atomic E-state index is 0.190. The number of nitrogens with zero attached hydrogens (tertiary/aromatic N) is 1. The molecule has 114 valence electrons. The lowest BCUT2D eigenvalue weighted by Gasteiger charge is -2.30. The SMILES string of the molecule is O=C(O)C1CCN(C(=O)COc2ccc(F)cc2F)CC1. The van der Waals surface area contributed by atoms with Gasteiger partial charge in [0.05, 0.1) is 5.92 Å². The molecule has 5 nitrogen and oxygen atoms in total. The summed E-state index contributed by atoms with van der Waals surface area (Å²) in [6.45, 7) is 0.316. The van der Waals surface area contributed by atoms with Crippen molar-refractivity contribution in [3.8, 4) is 5.75 Å². The highest BCUT2D eigenvalue weighted by molar-refractivity contribution is 5.78. The fraction of sp³-hybridized carbons (Fsp3) is 0.429. The molecule has 1 aromatic carbocycles. The Morgan fingerprint density at radius 2 is 1.95 bits per heavy atom. The monoisotopic (exact) mass is 299 g/mol. The number of hydrogen-bond acceptors (Lipinski definition) is 3. The zero-order valence-electron chi connectivity index (χ0n) is 11.2. The molecule has 0 saturated carbocycles. The first-order chi connectivity index (χ1) is 9.97. The van der Waals surface area contributed by atoms with Crippen molar-refractivity contribution in [2.75, 3.05) is 19.7 Å². The lowest BCUT2D eigenvalue weighted by Crippen LogP contribution is -2.42. The third-order valence-electron chi connectivity index (χ3n) is 3.44. The molecule has 1 heterocycles. The Labute approximate surface area is 120 Å². The summed E-state index contributed by atoms with van der Waals surface area (Å²) in [4.78, 5) is 24.2. The number of rotatable bonds is 4. The highest BCUT2D eigenvalue weighted by atomic mass is 19.1. The molecule has 1 aliphatic heterocycles. The van der Waals surface area contributed by atoms with Gasteiger partial charge >= 0.3 is 5.97 Å². The van der Waals surface area contributed by atoms with Crippen LogP contribution >= 0.6 is 0 Å². The van der Waals surface area contributed by atoms with E-state index in [1.807, 2.05) is 0 Å². The number of ether oxygens (including phenoxy) is 1. The van der Waals surface area contributed by atoms with Gasteiger partial charge in [0.2, 0.25) is 0 Å². The zero-order valence-corrected chi connectivity index (χ0v) is 11.2. The number of halogens is 2. The standard InChI is InChI=1S/C14H15F2NO4/c15-10-1-2-12(11(16)7-10)21-8-13(18)17-5-3-9(4-6-17)14(19)20/h1-2,7,9H,3-6,8H2,(H,19,20). The predicted molar refractivity (Wildman–Crippen MR) is 68.8 cm³/mol. The molecule has 0 radical (unpaired) electrons. The maximum absolute atomic E-state index is 13.3. The minimum atomic E-state index is -0.868. The van der Waals surface area contributed by atoms with Crippen LogP contribution in [0.3, 0.4) is 0 Å². The molecule has 1 amide bonds. The van der Waals surface area contributed by atoms with Gasteiger partial charge in [-0.25, -0.2) is 8.78 Å². The fourth-order valence-electron chi connectivity index (χ4n) is 2.20. The van der Waals surface area contributed by atoms with E-state index in [0.717, 1.165) is 12.1 Å². The molecule has 21 heavy (non-hydrogen) atoms.